The van der Waals surface area contributed by atoms with Crippen LogP contribution < -0.4 is 5.32 Å². The maximum absolute atomic E-state index is 11.8. The van der Waals surface area contributed by atoms with Gasteiger partial charge in [0.15, 0.2) is 0 Å². The first-order chi connectivity index (χ1) is 6.48. The quantitative estimate of drug-likeness (QED) is 0.773. The highest BCUT2D eigenvalue weighted by Crippen LogP contribution is 2.44. The van der Waals surface area contributed by atoms with E-state index in [4.69, 9.17) is 0 Å². The molecule has 0 aromatic carbocycles. The third-order valence-corrected chi connectivity index (χ3v) is 3.46. The summed E-state index contributed by atoms with van der Waals surface area (Å²) in [6, 6.07) is 0.472. The second kappa shape index (κ2) is 3.51. The van der Waals surface area contributed by atoms with Crippen LogP contribution in [-0.2, 0) is 4.79 Å². The van der Waals surface area contributed by atoms with Crippen molar-refractivity contribution in [3.05, 3.63) is 0 Å². The van der Waals surface area contributed by atoms with Crippen LogP contribution in [0.3, 0.4) is 0 Å². The molecule has 0 aromatic heterocycles. The van der Waals surface area contributed by atoms with Crippen LogP contribution in [0, 0.1) is 11.8 Å². The molecule has 2 aliphatic rings. The Labute approximate surface area is 94.0 Å². The first-order valence-corrected chi connectivity index (χ1v) is 6.27. The number of nitrogens with one attached hydrogen (secondary N) is 1. The van der Waals surface area contributed by atoms with Gasteiger partial charge < -0.3 is 5.32 Å². The Hall–Kier alpha value is -0.0500. The molecule has 2 aliphatic carbocycles. The van der Waals surface area contributed by atoms with Crippen LogP contribution in [0.25, 0.3) is 0 Å². The Balaban J connectivity index is 1.90. The summed E-state index contributed by atoms with van der Waals surface area (Å²) in [6.07, 6.45) is 5.24. The van der Waals surface area contributed by atoms with Crippen LogP contribution in [-0.4, -0.2) is 16.3 Å². The Kier molecular flexibility index (Phi) is 2.63. The number of carbonyl (C=O) groups excluding carboxylic acids is 1. The van der Waals surface area contributed by atoms with Crippen molar-refractivity contribution in [1.82, 2.24) is 5.32 Å². The molecule has 3 heteroatoms. The fourth-order valence-corrected chi connectivity index (χ4v) is 1.97. The van der Waals surface area contributed by atoms with Crippen molar-refractivity contribution in [2.24, 2.45) is 11.8 Å². The molecule has 1 amide bonds. The summed E-state index contributed by atoms with van der Waals surface area (Å²) < 4.78 is -0.422. The number of alkyl halides is 1. The zero-order valence-electron chi connectivity index (χ0n) is 8.85. The Morgan fingerprint density at radius 3 is 2.00 bits per heavy atom. The molecule has 0 bridgehead atoms. The first kappa shape index (κ1) is 10.5. The van der Waals surface area contributed by atoms with Crippen molar-refractivity contribution in [3.63, 3.8) is 0 Å². The molecule has 0 saturated heterocycles. The van der Waals surface area contributed by atoms with Gasteiger partial charge in [0.1, 0.15) is 0 Å². The highest BCUT2D eigenvalue weighted by molar-refractivity contribution is 9.10. The van der Waals surface area contributed by atoms with E-state index in [2.05, 4.69) is 21.2 Å². The van der Waals surface area contributed by atoms with Crippen LogP contribution in [0.4, 0.5) is 0 Å². The third kappa shape index (κ3) is 2.50. The summed E-state index contributed by atoms with van der Waals surface area (Å²) in [5.41, 5.74) is 0. The summed E-state index contributed by atoms with van der Waals surface area (Å²) >= 11 is 3.40. The van der Waals surface area contributed by atoms with Gasteiger partial charge in [-0.1, -0.05) is 15.9 Å². The van der Waals surface area contributed by atoms with E-state index in [0.29, 0.717) is 6.04 Å². The van der Waals surface area contributed by atoms with Gasteiger partial charge in [0.05, 0.1) is 4.32 Å². The van der Waals surface area contributed by atoms with Gasteiger partial charge in [-0.3, -0.25) is 4.79 Å². The lowest BCUT2D eigenvalue weighted by atomic mass is 10.1. The van der Waals surface area contributed by atoms with Crippen molar-refractivity contribution >= 4 is 21.8 Å². The normalized spacial score (nSPS) is 22.6. The van der Waals surface area contributed by atoms with Crippen LogP contribution in [0.2, 0.25) is 0 Å². The highest BCUT2D eigenvalue weighted by Gasteiger charge is 2.43. The van der Waals surface area contributed by atoms with Crippen LogP contribution in [0.1, 0.15) is 39.5 Å². The molecule has 80 valence electrons. The van der Waals surface area contributed by atoms with E-state index in [1.54, 1.807) is 0 Å². The number of amides is 1. The molecule has 0 aromatic rings. The summed E-state index contributed by atoms with van der Waals surface area (Å²) in [5, 5.41) is 3.20. The smallest absolute Gasteiger partial charge is 0.236 e. The van der Waals surface area contributed by atoms with Crippen LogP contribution in [0.5, 0.6) is 0 Å². The fourth-order valence-electron chi connectivity index (χ4n) is 1.85. The van der Waals surface area contributed by atoms with Crippen LogP contribution >= 0.6 is 15.9 Å². The second-order valence-corrected chi connectivity index (χ2v) is 7.13. The largest absolute Gasteiger partial charge is 0.352 e. The van der Waals surface area contributed by atoms with E-state index in [1.165, 1.54) is 25.7 Å². The average Bonchev–Trinajstić information content (AvgIpc) is 2.90. The van der Waals surface area contributed by atoms with E-state index in [1.807, 2.05) is 13.8 Å². The molecule has 2 nitrogen and oxygen atoms in total. The molecule has 2 rings (SSSR count). The van der Waals surface area contributed by atoms with E-state index in [9.17, 15) is 4.79 Å². The predicted octanol–water partition coefficient (Wildman–Crippen LogP) is 2.46. The Morgan fingerprint density at radius 1 is 1.29 bits per heavy atom. The van der Waals surface area contributed by atoms with Crippen molar-refractivity contribution < 1.29 is 4.79 Å². The number of hydrogen-bond acceptors (Lipinski definition) is 1. The predicted molar refractivity (Wildman–Crippen MR) is 60.4 cm³/mol. The highest BCUT2D eigenvalue weighted by atomic mass is 79.9. The van der Waals surface area contributed by atoms with Gasteiger partial charge in [-0.25, -0.2) is 0 Å². The van der Waals surface area contributed by atoms with Gasteiger partial charge in [0.2, 0.25) is 5.91 Å². The maximum Gasteiger partial charge on any atom is 0.236 e. The first-order valence-electron chi connectivity index (χ1n) is 5.48. The Bertz CT molecular complexity index is 226. The number of hydrogen-bond donors (Lipinski definition) is 1. The van der Waals surface area contributed by atoms with Gasteiger partial charge >= 0.3 is 0 Å². The Morgan fingerprint density at radius 2 is 1.71 bits per heavy atom. The second-order valence-electron chi connectivity index (χ2n) is 5.15. The van der Waals surface area contributed by atoms with Crippen molar-refractivity contribution in [2.75, 3.05) is 0 Å². The van der Waals surface area contributed by atoms with Crippen molar-refractivity contribution in [1.29, 1.82) is 0 Å². The molecule has 0 unspecified atom stereocenters. The zero-order valence-corrected chi connectivity index (χ0v) is 10.4. The van der Waals surface area contributed by atoms with E-state index in [0.717, 1.165) is 11.8 Å². The number of halogens is 1. The lowest BCUT2D eigenvalue weighted by Gasteiger charge is -2.23. The average molecular weight is 260 g/mol. The summed E-state index contributed by atoms with van der Waals surface area (Å²) in [6.45, 7) is 3.80. The molecule has 2 fully saturated rings. The van der Waals surface area contributed by atoms with Gasteiger partial charge in [0, 0.05) is 6.04 Å². The minimum absolute atomic E-state index is 0.140. The molecular weight excluding hydrogens is 242 g/mol. The molecule has 0 aliphatic heterocycles. The fraction of sp³-hybridized carbons (Fsp3) is 0.909. The molecule has 0 atom stereocenters. The molecule has 0 radical (unpaired) electrons. The summed E-state index contributed by atoms with van der Waals surface area (Å²) in [7, 11) is 0. The topological polar surface area (TPSA) is 29.1 Å². The minimum Gasteiger partial charge on any atom is -0.352 e. The molecule has 1 N–H and O–H groups in total. The third-order valence-electron chi connectivity index (χ3n) is 3.10. The molecule has 14 heavy (non-hydrogen) atoms. The van der Waals surface area contributed by atoms with Gasteiger partial charge in [-0.2, -0.15) is 0 Å². The van der Waals surface area contributed by atoms with E-state index >= 15 is 0 Å². The lowest BCUT2D eigenvalue weighted by molar-refractivity contribution is -0.123. The summed E-state index contributed by atoms with van der Waals surface area (Å²) in [4.78, 5) is 11.8. The lowest BCUT2D eigenvalue weighted by Crippen LogP contribution is -2.45. The number of carbonyl (C=O) groups is 1. The molecule has 2 saturated carbocycles. The van der Waals surface area contributed by atoms with E-state index in [-0.39, 0.29) is 5.91 Å². The maximum atomic E-state index is 11.8. The molecular formula is C11H18BrNO. The number of rotatable bonds is 4. The SMILES string of the molecule is CC(C)(Br)C(=O)NC(C1CC1)C1CC1. The summed E-state index contributed by atoms with van der Waals surface area (Å²) in [5.74, 6) is 1.70. The van der Waals surface area contributed by atoms with Crippen LogP contribution in [0.15, 0.2) is 0 Å². The van der Waals surface area contributed by atoms with E-state index < -0.39 is 4.32 Å². The van der Waals surface area contributed by atoms with Crippen molar-refractivity contribution in [3.8, 4) is 0 Å². The standard InChI is InChI=1S/C11H18BrNO/c1-11(2,12)10(14)13-9(7-3-4-7)8-5-6-8/h7-9H,3-6H2,1-2H3,(H,13,14). The van der Waals surface area contributed by atoms with Gasteiger partial charge in [0.25, 0.3) is 0 Å². The zero-order chi connectivity index (χ0) is 10.3. The monoisotopic (exact) mass is 259 g/mol. The minimum atomic E-state index is -0.422. The van der Waals surface area contributed by atoms with Crippen molar-refractivity contribution in [2.45, 2.75) is 49.9 Å². The van der Waals surface area contributed by atoms with Gasteiger partial charge in [-0.15, -0.1) is 0 Å². The molecule has 0 heterocycles. The van der Waals surface area contributed by atoms with Gasteiger partial charge in [-0.05, 0) is 51.4 Å². The molecule has 0 spiro atoms.